The van der Waals surface area contributed by atoms with Gasteiger partial charge in [-0.2, -0.15) is 5.26 Å². The second kappa shape index (κ2) is 14.4. The molecular formula is C52H32N4O. The van der Waals surface area contributed by atoms with Crippen molar-refractivity contribution < 1.29 is 4.42 Å². The molecule has 266 valence electrons. The Labute approximate surface area is 329 Å². The van der Waals surface area contributed by atoms with Crippen LogP contribution >= 0.6 is 0 Å². The number of aromatic nitrogens is 3. The molecule has 57 heavy (non-hydrogen) atoms. The summed E-state index contributed by atoms with van der Waals surface area (Å²) < 4.78 is 6.19. The highest BCUT2D eigenvalue weighted by molar-refractivity contribution is 6.06. The first-order chi connectivity index (χ1) is 28.1. The van der Waals surface area contributed by atoms with E-state index >= 15 is 0 Å². The summed E-state index contributed by atoms with van der Waals surface area (Å²) in [5.74, 6) is 0.667. The molecule has 10 aromatic rings. The van der Waals surface area contributed by atoms with E-state index in [2.05, 4.69) is 145 Å². The van der Waals surface area contributed by atoms with Crippen LogP contribution in [0.15, 0.2) is 199 Å². The zero-order chi connectivity index (χ0) is 38.1. The van der Waals surface area contributed by atoms with Crippen molar-refractivity contribution in [2.24, 2.45) is 0 Å². The van der Waals surface area contributed by atoms with Crippen molar-refractivity contribution in [2.75, 3.05) is 0 Å². The topological polar surface area (TPSA) is 75.6 Å². The van der Waals surface area contributed by atoms with Crippen LogP contribution in [0.3, 0.4) is 0 Å². The largest absolute Gasteiger partial charge is 0.456 e. The zero-order valence-corrected chi connectivity index (χ0v) is 30.7. The molecule has 7 aromatic carbocycles. The molecule has 0 aliphatic rings. The smallest absolute Gasteiger partial charge is 0.160 e. The van der Waals surface area contributed by atoms with Gasteiger partial charge in [-0.15, -0.1) is 0 Å². The van der Waals surface area contributed by atoms with Gasteiger partial charge < -0.3 is 4.42 Å². The van der Waals surface area contributed by atoms with E-state index in [0.717, 1.165) is 83.4 Å². The van der Waals surface area contributed by atoms with E-state index in [0.29, 0.717) is 17.0 Å². The summed E-state index contributed by atoms with van der Waals surface area (Å²) in [6, 6.07) is 64.6. The first kappa shape index (κ1) is 33.6. The van der Waals surface area contributed by atoms with Crippen LogP contribution in [0.4, 0.5) is 0 Å². The lowest BCUT2D eigenvalue weighted by Crippen LogP contribution is -1.96. The lowest BCUT2D eigenvalue weighted by molar-refractivity contribution is 0.669. The second-order valence-corrected chi connectivity index (χ2v) is 14.0. The maximum Gasteiger partial charge on any atom is 0.160 e. The van der Waals surface area contributed by atoms with E-state index in [1.54, 1.807) is 12.3 Å². The van der Waals surface area contributed by atoms with Gasteiger partial charge in [0, 0.05) is 45.4 Å². The van der Waals surface area contributed by atoms with E-state index in [9.17, 15) is 5.26 Å². The highest BCUT2D eigenvalue weighted by atomic mass is 16.3. The van der Waals surface area contributed by atoms with Gasteiger partial charge in [0.15, 0.2) is 5.82 Å². The monoisotopic (exact) mass is 728 g/mol. The van der Waals surface area contributed by atoms with Gasteiger partial charge in [-0.05, 0) is 99.6 Å². The first-order valence-corrected chi connectivity index (χ1v) is 18.8. The van der Waals surface area contributed by atoms with Gasteiger partial charge in [-0.3, -0.25) is 4.98 Å². The van der Waals surface area contributed by atoms with Crippen molar-refractivity contribution in [3.05, 3.63) is 200 Å². The Morgan fingerprint density at radius 2 is 0.895 bits per heavy atom. The minimum absolute atomic E-state index is 0.582. The lowest BCUT2D eigenvalue weighted by atomic mass is 9.94. The van der Waals surface area contributed by atoms with E-state index in [1.807, 2.05) is 48.7 Å². The summed E-state index contributed by atoms with van der Waals surface area (Å²) in [7, 11) is 0. The Kier molecular flexibility index (Phi) is 8.48. The molecule has 0 saturated carbocycles. The standard InChI is InChI=1S/C52H32N4O/c53-32-34-13-23-46-47-24-22-41(30-51(47)57-50(46)26-34)37-14-16-38(17-15-37)43-27-44(42-12-7-25-54-33-42)29-45(28-43)49-31-48(55-52(56-49)40-10-5-2-6-11-40)39-20-18-36(19-21-39)35-8-3-1-4-9-35/h1-31,33H. The molecule has 3 aromatic heterocycles. The average molecular weight is 729 g/mol. The van der Waals surface area contributed by atoms with Gasteiger partial charge in [0.2, 0.25) is 0 Å². The van der Waals surface area contributed by atoms with Crippen LogP contribution in [0.2, 0.25) is 0 Å². The number of furan rings is 1. The molecule has 3 heterocycles. The Balaban J connectivity index is 1.06. The number of pyridine rings is 1. The van der Waals surface area contributed by atoms with Gasteiger partial charge in [0.25, 0.3) is 0 Å². The van der Waals surface area contributed by atoms with E-state index in [-0.39, 0.29) is 0 Å². The molecule has 0 radical (unpaired) electrons. The number of rotatable bonds is 7. The van der Waals surface area contributed by atoms with Crippen LogP contribution in [0.1, 0.15) is 5.56 Å². The lowest BCUT2D eigenvalue weighted by Gasteiger charge is -2.13. The first-order valence-electron chi connectivity index (χ1n) is 18.8. The molecule has 0 atom stereocenters. The number of hydrogen-bond acceptors (Lipinski definition) is 5. The summed E-state index contributed by atoms with van der Waals surface area (Å²) in [4.78, 5) is 14.7. The number of fused-ring (bicyclic) bond motifs is 3. The van der Waals surface area contributed by atoms with Crippen molar-refractivity contribution in [3.8, 4) is 84.5 Å². The van der Waals surface area contributed by atoms with Crippen LogP contribution < -0.4 is 0 Å². The molecule has 0 bridgehead atoms. The molecule has 0 spiro atoms. The predicted molar refractivity (Wildman–Crippen MR) is 230 cm³/mol. The van der Waals surface area contributed by atoms with Gasteiger partial charge in [0.1, 0.15) is 11.2 Å². The Morgan fingerprint density at radius 3 is 1.56 bits per heavy atom. The Hall–Kier alpha value is -7.94. The Bertz CT molecular complexity index is 3100. The average Bonchev–Trinajstić information content (AvgIpc) is 3.67. The molecule has 10 rings (SSSR count). The van der Waals surface area contributed by atoms with E-state index in [4.69, 9.17) is 14.4 Å². The number of benzene rings is 7. The fourth-order valence-corrected chi connectivity index (χ4v) is 7.45. The van der Waals surface area contributed by atoms with Crippen molar-refractivity contribution >= 4 is 21.9 Å². The normalized spacial score (nSPS) is 11.1. The minimum atomic E-state index is 0.582. The van der Waals surface area contributed by atoms with E-state index < -0.39 is 0 Å². The summed E-state index contributed by atoms with van der Waals surface area (Å²) in [5.41, 5.74) is 15.4. The predicted octanol–water partition coefficient (Wildman–Crippen LogP) is 13.3. The Morgan fingerprint density at radius 1 is 0.386 bits per heavy atom. The molecular weight excluding hydrogens is 697 g/mol. The van der Waals surface area contributed by atoms with Crippen molar-refractivity contribution in [3.63, 3.8) is 0 Å². The number of nitriles is 1. The highest BCUT2D eigenvalue weighted by Crippen LogP contribution is 2.37. The van der Waals surface area contributed by atoms with Crippen LogP contribution in [0, 0.1) is 11.3 Å². The molecule has 0 saturated heterocycles. The molecule has 0 N–H and O–H groups in total. The number of nitrogens with zero attached hydrogens (tertiary/aromatic N) is 4. The third kappa shape index (κ3) is 6.62. The van der Waals surface area contributed by atoms with Gasteiger partial charge in [-0.1, -0.05) is 121 Å². The van der Waals surface area contributed by atoms with Crippen LogP contribution in [0.5, 0.6) is 0 Å². The third-order valence-electron chi connectivity index (χ3n) is 10.4. The van der Waals surface area contributed by atoms with Crippen LogP contribution in [-0.2, 0) is 0 Å². The van der Waals surface area contributed by atoms with Crippen molar-refractivity contribution in [1.82, 2.24) is 15.0 Å². The van der Waals surface area contributed by atoms with Crippen LogP contribution in [-0.4, -0.2) is 15.0 Å². The second-order valence-electron chi connectivity index (χ2n) is 14.0. The summed E-state index contributed by atoms with van der Waals surface area (Å²) >= 11 is 0. The highest BCUT2D eigenvalue weighted by Gasteiger charge is 2.15. The molecule has 0 aliphatic carbocycles. The van der Waals surface area contributed by atoms with Gasteiger partial charge in [0.05, 0.1) is 23.0 Å². The molecule has 5 heteroatoms. The van der Waals surface area contributed by atoms with Gasteiger partial charge in [-0.25, -0.2) is 9.97 Å². The fourth-order valence-electron chi connectivity index (χ4n) is 7.45. The molecule has 5 nitrogen and oxygen atoms in total. The van der Waals surface area contributed by atoms with E-state index in [1.165, 1.54) is 5.56 Å². The molecule has 0 aliphatic heterocycles. The zero-order valence-electron chi connectivity index (χ0n) is 30.7. The van der Waals surface area contributed by atoms with Crippen molar-refractivity contribution in [2.45, 2.75) is 0 Å². The fraction of sp³-hybridized carbons (Fsp3) is 0. The molecule has 0 unspecified atom stereocenters. The van der Waals surface area contributed by atoms with Crippen molar-refractivity contribution in [1.29, 1.82) is 5.26 Å². The minimum Gasteiger partial charge on any atom is -0.456 e. The maximum atomic E-state index is 9.36. The molecule has 0 amide bonds. The van der Waals surface area contributed by atoms with Gasteiger partial charge >= 0.3 is 0 Å². The quantitative estimate of drug-likeness (QED) is 0.163. The SMILES string of the molecule is N#Cc1ccc2c(c1)oc1cc(-c3ccc(-c4cc(-c5cccnc5)cc(-c5cc(-c6ccc(-c7ccccc7)cc6)nc(-c6ccccc6)n5)c4)cc3)ccc12. The maximum absolute atomic E-state index is 9.36. The van der Waals surface area contributed by atoms with Crippen LogP contribution in [0.25, 0.3) is 100 Å². The third-order valence-corrected chi connectivity index (χ3v) is 10.4. The molecule has 0 fully saturated rings. The number of hydrogen-bond donors (Lipinski definition) is 0. The summed E-state index contributed by atoms with van der Waals surface area (Å²) in [5, 5.41) is 11.4. The summed E-state index contributed by atoms with van der Waals surface area (Å²) in [6.45, 7) is 0. The summed E-state index contributed by atoms with van der Waals surface area (Å²) in [6.07, 6.45) is 3.70.